The molecule has 3 atom stereocenters. The number of nitrogen functional groups attached to an aromatic ring is 1. The van der Waals surface area contributed by atoms with E-state index in [1.165, 1.54) is 0 Å². The Labute approximate surface area is 264 Å². The number of nitrogens with zero attached hydrogens (tertiary/aromatic N) is 5. The molecule has 1 fully saturated rings. The van der Waals surface area contributed by atoms with Gasteiger partial charge in [-0.05, 0) is 44.8 Å². The number of hydrogen-bond acceptors (Lipinski definition) is 8. The number of hydrogen-bond donors (Lipinski definition) is 1. The maximum atomic E-state index is 7.45. The van der Waals surface area contributed by atoms with Gasteiger partial charge < -0.3 is 23.9 Å². The second kappa shape index (κ2) is 13.0. The standard InChI is InChI=1S/C31H53ClN6O3Si2/c1-17(2)42(18(3)4,19(5)6)39-15-25-24(41-43(20(7)8,21(9)10)22(11)12)13-26(40-25)38-16-35-27-28(38)23-14-34-31(32)37-30(23)36-29(27)33/h14,16-22,24-26H,13,15H2,1-12H3,(H2,33,34,36,37)/t24-,25-,26-/m1/s1. The topological polar surface area (TPSA) is 110 Å². The Morgan fingerprint density at radius 3 is 1.98 bits per heavy atom. The van der Waals surface area contributed by atoms with Crippen molar-refractivity contribution in [2.24, 2.45) is 0 Å². The van der Waals surface area contributed by atoms with Gasteiger partial charge in [0.1, 0.15) is 17.8 Å². The number of rotatable bonds is 12. The van der Waals surface area contributed by atoms with Gasteiger partial charge in [0.25, 0.3) is 0 Å². The van der Waals surface area contributed by atoms with E-state index in [1.54, 1.807) is 12.5 Å². The van der Waals surface area contributed by atoms with Crippen LogP contribution in [0.1, 0.15) is 95.7 Å². The highest BCUT2D eigenvalue weighted by atomic mass is 35.5. The van der Waals surface area contributed by atoms with Gasteiger partial charge in [-0.3, -0.25) is 0 Å². The van der Waals surface area contributed by atoms with Gasteiger partial charge >= 0.3 is 0 Å². The molecule has 0 aromatic carbocycles. The maximum absolute atomic E-state index is 7.45. The minimum atomic E-state index is -2.22. The molecule has 12 heteroatoms. The molecule has 2 N–H and O–H groups in total. The molecule has 0 spiro atoms. The van der Waals surface area contributed by atoms with Crippen LogP contribution in [0.4, 0.5) is 5.82 Å². The molecule has 1 saturated heterocycles. The lowest BCUT2D eigenvalue weighted by atomic mass is 10.2. The average Bonchev–Trinajstić information content (AvgIpc) is 3.51. The number of nitrogens with two attached hydrogens (primary N) is 1. The van der Waals surface area contributed by atoms with Crippen LogP contribution in [0.25, 0.3) is 22.1 Å². The Morgan fingerprint density at radius 2 is 1.44 bits per heavy atom. The molecule has 0 amide bonds. The van der Waals surface area contributed by atoms with Crippen molar-refractivity contribution >= 4 is 56.1 Å². The van der Waals surface area contributed by atoms with Crippen molar-refractivity contribution < 1.29 is 13.6 Å². The second-order valence-electron chi connectivity index (χ2n) is 14.2. The molecular weight excluding hydrogens is 596 g/mol. The van der Waals surface area contributed by atoms with Gasteiger partial charge in [-0.1, -0.05) is 83.1 Å². The summed E-state index contributed by atoms with van der Waals surface area (Å²) >= 11 is 6.10. The summed E-state index contributed by atoms with van der Waals surface area (Å²) in [5.41, 5.74) is 11.0. The smallest absolute Gasteiger partial charge is 0.224 e. The lowest BCUT2D eigenvalue weighted by Gasteiger charge is -2.45. The third-order valence-electron chi connectivity index (χ3n) is 10.0. The van der Waals surface area contributed by atoms with Gasteiger partial charge in [0.05, 0.1) is 29.9 Å². The molecule has 1 aliphatic rings. The number of imidazole rings is 1. The van der Waals surface area contributed by atoms with Gasteiger partial charge in [-0.2, -0.15) is 4.98 Å². The zero-order chi connectivity index (χ0) is 32.0. The van der Waals surface area contributed by atoms with Crippen molar-refractivity contribution in [2.45, 2.75) is 141 Å². The molecular formula is C31H53ClN6O3Si2. The predicted octanol–water partition coefficient (Wildman–Crippen LogP) is 8.65. The minimum absolute atomic E-state index is 0.115. The van der Waals surface area contributed by atoms with Crippen LogP contribution in [-0.2, 0) is 13.6 Å². The summed E-state index contributed by atoms with van der Waals surface area (Å²) in [6.45, 7) is 28.4. The van der Waals surface area contributed by atoms with Crippen molar-refractivity contribution in [3.63, 3.8) is 0 Å². The van der Waals surface area contributed by atoms with Crippen molar-refractivity contribution in [3.8, 4) is 0 Å². The van der Waals surface area contributed by atoms with Gasteiger partial charge in [0.15, 0.2) is 19.8 Å². The quantitative estimate of drug-likeness (QED) is 0.153. The van der Waals surface area contributed by atoms with Crippen LogP contribution in [0.15, 0.2) is 12.5 Å². The highest BCUT2D eigenvalue weighted by molar-refractivity contribution is 6.78. The third-order valence-corrected chi connectivity index (χ3v) is 22.4. The lowest BCUT2D eigenvalue weighted by molar-refractivity contribution is -0.0392. The van der Waals surface area contributed by atoms with E-state index in [0.29, 0.717) is 63.3 Å². The molecule has 0 saturated carbocycles. The molecule has 3 aromatic heterocycles. The van der Waals surface area contributed by atoms with Crippen LogP contribution < -0.4 is 5.73 Å². The third kappa shape index (κ3) is 6.02. The van der Waals surface area contributed by atoms with E-state index in [9.17, 15) is 0 Å². The first-order valence-electron chi connectivity index (χ1n) is 16.0. The molecule has 0 radical (unpaired) electrons. The molecule has 4 rings (SSSR count). The summed E-state index contributed by atoms with van der Waals surface area (Å²) in [6, 6.07) is 0. The van der Waals surface area contributed by atoms with Crippen molar-refractivity contribution in [1.82, 2.24) is 24.5 Å². The summed E-state index contributed by atoms with van der Waals surface area (Å²) in [4.78, 5) is 17.6. The van der Waals surface area contributed by atoms with E-state index in [2.05, 4.69) is 103 Å². The van der Waals surface area contributed by atoms with E-state index < -0.39 is 16.6 Å². The molecule has 1 aliphatic heterocycles. The maximum Gasteiger partial charge on any atom is 0.224 e. The molecule has 43 heavy (non-hydrogen) atoms. The SMILES string of the molecule is CC(C)[Si](OC[C@H]1O[C@@H](n2cnc3c(N)nc4nc(Cl)ncc4c32)C[C@H]1O[Si](C(C)C)(C(C)C)C(C)C)(C(C)C)C(C)C. The predicted molar refractivity (Wildman–Crippen MR) is 181 cm³/mol. The van der Waals surface area contributed by atoms with Crippen LogP contribution in [0, 0.1) is 0 Å². The number of halogens is 1. The fraction of sp³-hybridized carbons (Fsp3) is 0.742. The summed E-state index contributed by atoms with van der Waals surface area (Å²) in [6.07, 6.45) is 3.49. The van der Waals surface area contributed by atoms with Gasteiger partial charge in [0, 0.05) is 12.6 Å². The average molecular weight is 649 g/mol. The fourth-order valence-electron chi connectivity index (χ4n) is 8.35. The summed E-state index contributed by atoms with van der Waals surface area (Å²) in [7, 11) is -4.34. The molecule has 0 aliphatic carbocycles. The van der Waals surface area contributed by atoms with Crippen LogP contribution >= 0.6 is 11.6 Å². The van der Waals surface area contributed by atoms with E-state index in [4.69, 9.17) is 30.9 Å². The highest BCUT2D eigenvalue weighted by Crippen LogP contribution is 2.47. The number of fused-ring (bicyclic) bond motifs is 3. The molecule has 3 aromatic rings. The molecule has 0 bridgehead atoms. The Kier molecular flexibility index (Phi) is 10.4. The van der Waals surface area contributed by atoms with Crippen molar-refractivity contribution in [3.05, 3.63) is 17.8 Å². The Balaban J connectivity index is 1.79. The Morgan fingerprint density at radius 1 is 0.884 bits per heavy atom. The van der Waals surface area contributed by atoms with Gasteiger partial charge in [-0.15, -0.1) is 0 Å². The highest BCUT2D eigenvalue weighted by Gasteiger charge is 2.52. The molecule has 9 nitrogen and oxygen atoms in total. The normalized spacial score (nSPS) is 20.5. The lowest BCUT2D eigenvalue weighted by Crippen LogP contribution is -2.53. The van der Waals surface area contributed by atoms with Crippen molar-refractivity contribution in [2.75, 3.05) is 12.3 Å². The number of anilines is 1. The largest absolute Gasteiger partial charge is 0.413 e. The fourth-order valence-corrected chi connectivity index (χ4v) is 19.5. The summed E-state index contributed by atoms with van der Waals surface area (Å²) in [5, 5.41) is 0.853. The molecule has 240 valence electrons. The second-order valence-corrected chi connectivity index (χ2v) is 25.4. The summed E-state index contributed by atoms with van der Waals surface area (Å²) < 4.78 is 23.6. The molecule has 4 heterocycles. The number of aromatic nitrogens is 5. The Bertz CT molecular complexity index is 1370. The van der Waals surface area contributed by atoms with E-state index >= 15 is 0 Å². The first kappa shape index (κ1) is 34.2. The van der Waals surface area contributed by atoms with Gasteiger partial charge in [-0.25, -0.2) is 15.0 Å². The van der Waals surface area contributed by atoms with Crippen LogP contribution in [0.3, 0.4) is 0 Å². The van der Waals surface area contributed by atoms with Crippen LogP contribution in [-0.4, -0.2) is 60.0 Å². The number of ether oxygens (including phenoxy) is 1. The zero-order valence-electron chi connectivity index (χ0n) is 28.2. The number of pyridine rings is 1. The van der Waals surface area contributed by atoms with E-state index in [0.717, 1.165) is 10.9 Å². The molecule has 0 unspecified atom stereocenters. The van der Waals surface area contributed by atoms with E-state index in [-0.39, 0.29) is 23.7 Å². The first-order valence-corrected chi connectivity index (χ1v) is 20.6. The van der Waals surface area contributed by atoms with Gasteiger partial charge in [0.2, 0.25) is 13.6 Å². The van der Waals surface area contributed by atoms with E-state index in [1.807, 2.05) is 4.57 Å². The first-order chi connectivity index (χ1) is 20.1. The van der Waals surface area contributed by atoms with Crippen LogP contribution in [0.5, 0.6) is 0 Å². The monoisotopic (exact) mass is 648 g/mol. The summed E-state index contributed by atoms with van der Waals surface area (Å²) in [5.74, 6) is 0.300. The van der Waals surface area contributed by atoms with Crippen molar-refractivity contribution in [1.29, 1.82) is 0 Å². The zero-order valence-corrected chi connectivity index (χ0v) is 30.9. The minimum Gasteiger partial charge on any atom is -0.413 e. The Hall–Kier alpha value is -1.64. The van der Waals surface area contributed by atoms with Crippen LogP contribution in [0.2, 0.25) is 38.5 Å².